The van der Waals surface area contributed by atoms with Crippen molar-refractivity contribution in [3.63, 3.8) is 0 Å². The molecule has 7 nitrogen and oxygen atoms in total. The summed E-state index contributed by atoms with van der Waals surface area (Å²) < 4.78 is 10.7. The Morgan fingerprint density at radius 1 is 1.25 bits per heavy atom. The van der Waals surface area contributed by atoms with Crippen LogP contribution in [0.2, 0.25) is 0 Å². The second kappa shape index (κ2) is 5.20. The van der Waals surface area contributed by atoms with E-state index < -0.39 is 0 Å². The molecule has 1 aliphatic rings. The number of para-hydroxylation sites is 1. The molecule has 20 heavy (non-hydrogen) atoms. The summed E-state index contributed by atoms with van der Waals surface area (Å²) in [4.78, 5) is 14.3. The van der Waals surface area contributed by atoms with Crippen molar-refractivity contribution in [2.24, 2.45) is 0 Å². The minimum absolute atomic E-state index is 0.144. The first-order valence-electron chi connectivity index (χ1n) is 6.27. The molecule has 0 amide bonds. The number of methoxy groups -OCH3 is 1. The predicted octanol–water partition coefficient (Wildman–Crippen LogP) is 0.861. The largest absolute Gasteiger partial charge is 0.491 e. The quantitative estimate of drug-likeness (QED) is 0.868. The molecule has 3 rings (SSSR count). The Bertz CT molecular complexity index is 619. The number of benzene rings is 1. The lowest BCUT2D eigenvalue weighted by molar-refractivity contribution is 0.330. The highest BCUT2D eigenvalue weighted by Gasteiger charge is 2.18. The van der Waals surface area contributed by atoms with Gasteiger partial charge in [0.25, 0.3) is 0 Å². The summed E-state index contributed by atoms with van der Waals surface area (Å²) in [5.74, 6) is 1.53. The van der Waals surface area contributed by atoms with E-state index in [2.05, 4.69) is 15.0 Å². The third-order valence-corrected chi connectivity index (χ3v) is 3.04. The van der Waals surface area contributed by atoms with Crippen molar-refractivity contribution in [1.29, 1.82) is 0 Å². The minimum Gasteiger partial charge on any atom is -0.491 e. The van der Waals surface area contributed by atoms with Crippen molar-refractivity contribution in [2.45, 2.75) is 6.54 Å². The molecule has 1 aromatic carbocycles. The van der Waals surface area contributed by atoms with E-state index in [1.54, 1.807) is 0 Å². The smallest absolute Gasteiger partial charge is 0.322 e. The number of nitrogens with two attached hydrogens (primary N) is 1. The fourth-order valence-electron chi connectivity index (χ4n) is 2.09. The maximum absolute atomic E-state index is 5.71. The molecule has 0 spiro atoms. The molecule has 0 radical (unpaired) electrons. The van der Waals surface area contributed by atoms with Crippen LogP contribution in [0.15, 0.2) is 24.3 Å². The zero-order chi connectivity index (χ0) is 13.9. The standard InChI is InChI=1S/C13H15N5O2/c1-19-13-16-11(14)15-12(17-13)18-6-7-20-10-5-3-2-4-9(10)8-18/h2-5H,6-8H2,1H3,(H2,14,15,16,17). The molecular formula is C13H15N5O2. The molecule has 104 valence electrons. The molecule has 1 aliphatic heterocycles. The summed E-state index contributed by atoms with van der Waals surface area (Å²) in [5, 5.41) is 0. The zero-order valence-electron chi connectivity index (χ0n) is 11.1. The molecule has 7 heteroatoms. The van der Waals surface area contributed by atoms with Gasteiger partial charge < -0.3 is 20.1 Å². The van der Waals surface area contributed by atoms with Gasteiger partial charge in [0.2, 0.25) is 11.9 Å². The lowest BCUT2D eigenvalue weighted by Gasteiger charge is -2.19. The molecule has 0 unspecified atom stereocenters. The van der Waals surface area contributed by atoms with Gasteiger partial charge in [-0.2, -0.15) is 15.0 Å². The summed E-state index contributed by atoms with van der Waals surface area (Å²) in [5.41, 5.74) is 6.76. The van der Waals surface area contributed by atoms with Gasteiger partial charge in [-0.05, 0) is 6.07 Å². The van der Waals surface area contributed by atoms with Gasteiger partial charge in [-0.3, -0.25) is 0 Å². The second-order valence-electron chi connectivity index (χ2n) is 4.36. The van der Waals surface area contributed by atoms with Gasteiger partial charge in [-0.15, -0.1) is 0 Å². The van der Waals surface area contributed by atoms with Crippen molar-refractivity contribution in [2.75, 3.05) is 30.9 Å². The normalized spacial score (nSPS) is 14.2. The molecule has 0 saturated heterocycles. The summed E-state index contributed by atoms with van der Waals surface area (Å²) in [6, 6.07) is 8.13. The van der Waals surface area contributed by atoms with Crippen LogP contribution >= 0.6 is 0 Å². The Morgan fingerprint density at radius 3 is 2.95 bits per heavy atom. The van der Waals surface area contributed by atoms with Crippen molar-refractivity contribution in [3.8, 4) is 11.8 Å². The average Bonchev–Trinajstić information content (AvgIpc) is 2.68. The molecular weight excluding hydrogens is 258 g/mol. The highest BCUT2D eigenvalue weighted by Crippen LogP contribution is 2.25. The van der Waals surface area contributed by atoms with Gasteiger partial charge in [-0.1, -0.05) is 18.2 Å². The molecule has 2 aromatic rings. The first kappa shape index (κ1) is 12.5. The summed E-state index contributed by atoms with van der Waals surface area (Å²) >= 11 is 0. The van der Waals surface area contributed by atoms with Crippen LogP contribution in [0.1, 0.15) is 5.56 Å². The molecule has 0 atom stereocenters. The van der Waals surface area contributed by atoms with Gasteiger partial charge in [-0.25, -0.2) is 0 Å². The average molecular weight is 273 g/mol. The van der Waals surface area contributed by atoms with Gasteiger partial charge in [0.15, 0.2) is 0 Å². The molecule has 0 aliphatic carbocycles. The van der Waals surface area contributed by atoms with Crippen LogP contribution in [0, 0.1) is 0 Å². The van der Waals surface area contributed by atoms with E-state index in [9.17, 15) is 0 Å². The van der Waals surface area contributed by atoms with E-state index in [0.717, 1.165) is 11.3 Å². The molecule has 2 heterocycles. The van der Waals surface area contributed by atoms with Crippen LogP contribution in [0.5, 0.6) is 11.8 Å². The van der Waals surface area contributed by atoms with E-state index in [4.69, 9.17) is 15.2 Å². The number of nitrogens with zero attached hydrogens (tertiary/aromatic N) is 4. The molecule has 0 bridgehead atoms. The van der Waals surface area contributed by atoms with E-state index in [-0.39, 0.29) is 12.0 Å². The second-order valence-corrected chi connectivity index (χ2v) is 4.36. The molecule has 0 fully saturated rings. The molecule has 0 saturated carbocycles. The Hall–Kier alpha value is -2.57. The highest BCUT2D eigenvalue weighted by atomic mass is 16.5. The molecule has 2 N–H and O–H groups in total. The Morgan fingerprint density at radius 2 is 2.10 bits per heavy atom. The number of hydrogen-bond acceptors (Lipinski definition) is 7. The van der Waals surface area contributed by atoms with Crippen LogP contribution in [0.4, 0.5) is 11.9 Å². The number of anilines is 2. The summed E-state index contributed by atoms with van der Waals surface area (Å²) in [6.45, 7) is 1.88. The summed E-state index contributed by atoms with van der Waals surface area (Å²) in [7, 11) is 1.50. The Balaban J connectivity index is 1.93. The van der Waals surface area contributed by atoms with E-state index in [0.29, 0.717) is 25.6 Å². The fraction of sp³-hybridized carbons (Fsp3) is 0.308. The highest BCUT2D eigenvalue weighted by molar-refractivity contribution is 5.42. The third-order valence-electron chi connectivity index (χ3n) is 3.04. The predicted molar refractivity (Wildman–Crippen MR) is 73.8 cm³/mol. The number of hydrogen-bond donors (Lipinski definition) is 1. The van der Waals surface area contributed by atoms with Crippen molar-refractivity contribution in [1.82, 2.24) is 15.0 Å². The third kappa shape index (κ3) is 2.42. The lowest BCUT2D eigenvalue weighted by atomic mass is 10.2. The maximum atomic E-state index is 5.71. The fourth-order valence-corrected chi connectivity index (χ4v) is 2.09. The zero-order valence-corrected chi connectivity index (χ0v) is 11.1. The minimum atomic E-state index is 0.144. The topological polar surface area (TPSA) is 86.4 Å². The van der Waals surface area contributed by atoms with Crippen LogP contribution in [-0.4, -0.2) is 35.2 Å². The molecule has 1 aromatic heterocycles. The Kier molecular flexibility index (Phi) is 3.24. The van der Waals surface area contributed by atoms with E-state index in [1.807, 2.05) is 29.2 Å². The van der Waals surface area contributed by atoms with Crippen LogP contribution < -0.4 is 20.1 Å². The number of fused-ring (bicyclic) bond motifs is 1. The SMILES string of the molecule is COc1nc(N)nc(N2CCOc3ccccc3C2)n1. The number of ether oxygens (including phenoxy) is 2. The number of rotatable bonds is 2. The van der Waals surface area contributed by atoms with Gasteiger partial charge in [0.1, 0.15) is 12.4 Å². The van der Waals surface area contributed by atoms with Crippen molar-refractivity contribution in [3.05, 3.63) is 29.8 Å². The van der Waals surface area contributed by atoms with Crippen LogP contribution in [-0.2, 0) is 6.54 Å². The van der Waals surface area contributed by atoms with Crippen LogP contribution in [0.25, 0.3) is 0 Å². The van der Waals surface area contributed by atoms with Crippen molar-refractivity contribution < 1.29 is 9.47 Å². The monoisotopic (exact) mass is 273 g/mol. The van der Waals surface area contributed by atoms with Gasteiger partial charge >= 0.3 is 6.01 Å². The number of nitrogen functional groups attached to an aromatic ring is 1. The number of aromatic nitrogens is 3. The van der Waals surface area contributed by atoms with Crippen molar-refractivity contribution >= 4 is 11.9 Å². The van der Waals surface area contributed by atoms with Crippen LogP contribution in [0.3, 0.4) is 0 Å². The van der Waals surface area contributed by atoms with Gasteiger partial charge in [0, 0.05) is 12.1 Å². The lowest BCUT2D eigenvalue weighted by Crippen LogP contribution is -2.27. The van der Waals surface area contributed by atoms with E-state index in [1.165, 1.54) is 7.11 Å². The first-order chi connectivity index (χ1) is 9.76. The van der Waals surface area contributed by atoms with Gasteiger partial charge in [0.05, 0.1) is 13.7 Å². The Labute approximate surface area is 116 Å². The first-order valence-corrected chi connectivity index (χ1v) is 6.27. The van der Waals surface area contributed by atoms with E-state index >= 15 is 0 Å². The summed E-state index contributed by atoms with van der Waals surface area (Å²) in [6.07, 6.45) is 0. The maximum Gasteiger partial charge on any atom is 0.322 e.